The quantitative estimate of drug-likeness (QED) is 0.823. The van der Waals surface area contributed by atoms with Gasteiger partial charge < -0.3 is 0 Å². The Balaban J connectivity index is 1.80. The summed E-state index contributed by atoms with van der Waals surface area (Å²) in [7, 11) is 0. The van der Waals surface area contributed by atoms with Crippen molar-refractivity contribution in [2.24, 2.45) is 0 Å². The fraction of sp³-hybridized carbons (Fsp3) is 0.333. The molecule has 0 spiro atoms. The van der Waals surface area contributed by atoms with Crippen LogP contribution in [-0.4, -0.2) is 9.78 Å². The van der Waals surface area contributed by atoms with Gasteiger partial charge in [-0.15, -0.1) is 0 Å². The van der Waals surface area contributed by atoms with E-state index in [9.17, 15) is 5.26 Å². The van der Waals surface area contributed by atoms with E-state index in [1.165, 1.54) is 5.56 Å². The molecule has 0 aliphatic heterocycles. The summed E-state index contributed by atoms with van der Waals surface area (Å²) in [5.41, 5.74) is 2.05. The lowest BCUT2D eigenvalue weighted by Crippen LogP contribution is -2.31. The second-order valence-corrected chi connectivity index (χ2v) is 4.96. The summed E-state index contributed by atoms with van der Waals surface area (Å²) >= 11 is 0. The molecule has 1 aliphatic rings. The van der Waals surface area contributed by atoms with Crippen LogP contribution in [0.25, 0.3) is 0 Å². The van der Waals surface area contributed by atoms with Gasteiger partial charge in [0.15, 0.2) is 0 Å². The highest BCUT2D eigenvalue weighted by Crippen LogP contribution is 2.42. The van der Waals surface area contributed by atoms with Crippen molar-refractivity contribution in [3.8, 4) is 6.07 Å². The van der Waals surface area contributed by atoms with Gasteiger partial charge in [0.2, 0.25) is 0 Å². The molecule has 1 aliphatic carbocycles. The molecule has 3 rings (SSSR count). The van der Waals surface area contributed by atoms with Crippen LogP contribution in [0.3, 0.4) is 0 Å². The Hall–Kier alpha value is -2.08. The van der Waals surface area contributed by atoms with Gasteiger partial charge in [-0.2, -0.15) is 10.4 Å². The van der Waals surface area contributed by atoms with Gasteiger partial charge in [0, 0.05) is 11.8 Å². The molecule has 0 bridgehead atoms. The smallest absolute Gasteiger partial charge is 0.0852 e. The monoisotopic (exact) mass is 237 g/mol. The molecule has 1 fully saturated rings. The third-order valence-corrected chi connectivity index (χ3v) is 3.79. The van der Waals surface area contributed by atoms with Crippen molar-refractivity contribution in [3.63, 3.8) is 0 Å². The zero-order chi connectivity index (χ0) is 12.4. The Morgan fingerprint density at radius 3 is 2.67 bits per heavy atom. The molecule has 0 radical (unpaired) electrons. The number of hydrogen-bond acceptors (Lipinski definition) is 2. The minimum atomic E-state index is -0.255. The Labute approximate surface area is 107 Å². The Morgan fingerprint density at radius 2 is 2.06 bits per heavy atom. The van der Waals surface area contributed by atoms with E-state index >= 15 is 0 Å². The van der Waals surface area contributed by atoms with Crippen molar-refractivity contribution in [2.45, 2.75) is 31.2 Å². The molecule has 3 heteroatoms. The second-order valence-electron chi connectivity index (χ2n) is 4.96. The van der Waals surface area contributed by atoms with Gasteiger partial charge >= 0.3 is 0 Å². The maximum absolute atomic E-state index is 9.30. The summed E-state index contributed by atoms with van der Waals surface area (Å²) in [4.78, 5) is 0. The van der Waals surface area contributed by atoms with E-state index in [0.717, 1.165) is 31.4 Å². The van der Waals surface area contributed by atoms with Crippen LogP contribution in [0.15, 0.2) is 42.7 Å². The van der Waals surface area contributed by atoms with Gasteiger partial charge in [-0.25, -0.2) is 0 Å². The summed E-state index contributed by atoms with van der Waals surface area (Å²) in [5, 5.41) is 13.7. The van der Waals surface area contributed by atoms with Crippen molar-refractivity contribution in [2.75, 3.05) is 0 Å². The average Bonchev–Trinajstić information content (AvgIpc) is 2.79. The SMILES string of the molecule is N#CC1(c2cnn(Cc3ccccc3)c2)CCC1. The lowest BCUT2D eigenvalue weighted by atomic mass is 9.66. The van der Waals surface area contributed by atoms with Crippen LogP contribution in [0.1, 0.15) is 30.4 Å². The molecule has 0 unspecified atom stereocenters. The molecule has 3 nitrogen and oxygen atoms in total. The van der Waals surface area contributed by atoms with E-state index in [2.05, 4.69) is 23.3 Å². The number of aromatic nitrogens is 2. The fourth-order valence-electron chi connectivity index (χ4n) is 2.46. The van der Waals surface area contributed by atoms with Crippen molar-refractivity contribution < 1.29 is 0 Å². The molecule has 90 valence electrons. The summed E-state index contributed by atoms with van der Waals surface area (Å²) in [6.45, 7) is 0.766. The molecule has 1 aromatic carbocycles. The van der Waals surface area contributed by atoms with Crippen LogP contribution >= 0.6 is 0 Å². The van der Waals surface area contributed by atoms with Crippen molar-refractivity contribution in [3.05, 3.63) is 53.9 Å². The maximum atomic E-state index is 9.30. The average molecular weight is 237 g/mol. The Bertz CT molecular complexity index is 573. The Kier molecular flexibility index (Phi) is 2.64. The summed E-state index contributed by atoms with van der Waals surface area (Å²) < 4.78 is 1.92. The molecule has 2 aromatic rings. The number of benzene rings is 1. The number of nitriles is 1. The standard InChI is InChI=1S/C15H15N3/c16-12-15(7-4-8-15)14-9-17-18(11-14)10-13-5-2-1-3-6-13/h1-3,5-6,9,11H,4,7-8,10H2. The van der Waals surface area contributed by atoms with Crippen molar-refractivity contribution in [1.29, 1.82) is 5.26 Å². The topological polar surface area (TPSA) is 41.6 Å². The molecule has 1 aromatic heterocycles. The number of hydrogen-bond donors (Lipinski definition) is 0. The third-order valence-electron chi connectivity index (χ3n) is 3.79. The molecule has 0 atom stereocenters. The van der Waals surface area contributed by atoms with Crippen LogP contribution in [0.5, 0.6) is 0 Å². The minimum absolute atomic E-state index is 0.255. The lowest BCUT2D eigenvalue weighted by Gasteiger charge is -2.34. The molecule has 0 amide bonds. The predicted molar refractivity (Wildman–Crippen MR) is 68.9 cm³/mol. The highest BCUT2D eigenvalue weighted by Gasteiger charge is 2.39. The van der Waals surface area contributed by atoms with E-state index in [4.69, 9.17) is 0 Å². The normalized spacial score (nSPS) is 16.8. The first-order valence-corrected chi connectivity index (χ1v) is 6.30. The second kappa shape index (κ2) is 4.30. The fourth-order valence-corrected chi connectivity index (χ4v) is 2.46. The molecule has 1 heterocycles. The van der Waals surface area contributed by atoms with Gasteiger partial charge in [-0.05, 0) is 24.8 Å². The minimum Gasteiger partial charge on any atom is -0.268 e. The van der Waals surface area contributed by atoms with E-state index in [1.807, 2.05) is 35.3 Å². The molecule has 0 saturated heterocycles. The number of nitrogens with zero attached hydrogens (tertiary/aromatic N) is 3. The lowest BCUT2D eigenvalue weighted by molar-refractivity contribution is 0.324. The number of rotatable bonds is 3. The highest BCUT2D eigenvalue weighted by molar-refractivity contribution is 5.32. The van der Waals surface area contributed by atoms with E-state index in [-0.39, 0.29) is 5.41 Å². The zero-order valence-electron chi connectivity index (χ0n) is 10.2. The Morgan fingerprint density at radius 1 is 1.28 bits per heavy atom. The summed E-state index contributed by atoms with van der Waals surface area (Å²) in [6.07, 6.45) is 6.97. The zero-order valence-corrected chi connectivity index (χ0v) is 10.2. The maximum Gasteiger partial charge on any atom is 0.0852 e. The van der Waals surface area contributed by atoms with E-state index in [0.29, 0.717) is 0 Å². The van der Waals surface area contributed by atoms with Gasteiger partial charge in [-0.3, -0.25) is 4.68 Å². The van der Waals surface area contributed by atoms with Gasteiger partial charge in [0.25, 0.3) is 0 Å². The third kappa shape index (κ3) is 1.80. The van der Waals surface area contributed by atoms with Crippen LogP contribution in [0, 0.1) is 11.3 Å². The molecule has 18 heavy (non-hydrogen) atoms. The molecule has 1 saturated carbocycles. The van der Waals surface area contributed by atoms with Crippen LogP contribution in [-0.2, 0) is 12.0 Å². The van der Waals surface area contributed by atoms with Crippen molar-refractivity contribution >= 4 is 0 Å². The van der Waals surface area contributed by atoms with Crippen LogP contribution < -0.4 is 0 Å². The van der Waals surface area contributed by atoms with Gasteiger partial charge in [0.05, 0.1) is 24.2 Å². The van der Waals surface area contributed by atoms with Crippen LogP contribution in [0.2, 0.25) is 0 Å². The largest absolute Gasteiger partial charge is 0.268 e. The molecule has 0 N–H and O–H groups in total. The highest BCUT2D eigenvalue weighted by atomic mass is 15.3. The van der Waals surface area contributed by atoms with Crippen LogP contribution in [0.4, 0.5) is 0 Å². The van der Waals surface area contributed by atoms with E-state index < -0.39 is 0 Å². The molecular formula is C15H15N3. The van der Waals surface area contributed by atoms with E-state index in [1.54, 1.807) is 0 Å². The summed E-state index contributed by atoms with van der Waals surface area (Å²) in [5.74, 6) is 0. The first kappa shape index (κ1) is 11.0. The van der Waals surface area contributed by atoms with Gasteiger partial charge in [0.1, 0.15) is 0 Å². The summed E-state index contributed by atoms with van der Waals surface area (Å²) in [6, 6.07) is 12.7. The first-order valence-electron chi connectivity index (χ1n) is 6.30. The van der Waals surface area contributed by atoms with Gasteiger partial charge in [-0.1, -0.05) is 30.3 Å². The van der Waals surface area contributed by atoms with Crippen molar-refractivity contribution in [1.82, 2.24) is 9.78 Å². The first-order chi connectivity index (χ1) is 8.82. The predicted octanol–water partition coefficient (Wildman–Crippen LogP) is 2.88. The molecular weight excluding hydrogens is 222 g/mol.